The molecule has 2 N–H and O–H groups in total. The number of hydrogen-bond donors (Lipinski definition) is 1. The molecule has 21 heavy (non-hydrogen) atoms. The topological polar surface area (TPSA) is 46.3 Å². The number of carbonyl (C=O) groups excluding carboxylic acids is 1. The van der Waals surface area contributed by atoms with E-state index in [4.69, 9.17) is 5.73 Å². The van der Waals surface area contributed by atoms with Crippen LogP contribution in [0, 0.1) is 24.7 Å². The highest BCUT2D eigenvalue weighted by Crippen LogP contribution is 2.30. The zero-order valence-corrected chi connectivity index (χ0v) is 13.0. The third-order valence-electron chi connectivity index (χ3n) is 3.85. The second-order valence-electron chi connectivity index (χ2n) is 5.68. The van der Waals surface area contributed by atoms with Crippen LogP contribution < -0.4 is 5.73 Å². The predicted octanol–water partition coefficient (Wildman–Crippen LogP) is 2.57. The Morgan fingerprint density at radius 2 is 2.19 bits per heavy atom. The summed E-state index contributed by atoms with van der Waals surface area (Å²) < 4.78 is 0. The Kier molecular flexibility index (Phi) is 5.41. The number of rotatable bonds is 5. The normalized spacial score (nSPS) is 13.5. The van der Waals surface area contributed by atoms with Gasteiger partial charge in [-0.25, -0.2) is 0 Å². The van der Waals surface area contributed by atoms with Gasteiger partial charge in [0.25, 0.3) is 5.91 Å². The molecule has 3 heteroatoms. The van der Waals surface area contributed by atoms with Crippen LogP contribution in [0.25, 0.3) is 0 Å². The van der Waals surface area contributed by atoms with Crippen LogP contribution in [0.1, 0.15) is 47.7 Å². The molecule has 1 fully saturated rings. The summed E-state index contributed by atoms with van der Waals surface area (Å²) in [6.07, 6.45) is 3.51. The Bertz CT molecular complexity index is 564. The van der Waals surface area contributed by atoms with E-state index in [1.807, 2.05) is 30.0 Å². The molecule has 0 atom stereocenters. The minimum absolute atomic E-state index is 0.137. The first kappa shape index (κ1) is 15.6. The van der Waals surface area contributed by atoms with Crippen molar-refractivity contribution in [1.29, 1.82) is 0 Å². The van der Waals surface area contributed by atoms with Gasteiger partial charge >= 0.3 is 0 Å². The van der Waals surface area contributed by atoms with Gasteiger partial charge in [0.2, 0.25) is 0 Å². The minimum atomic E-state index is 0.137. The Morgan fingerprint density at radius 3 is 2.81 bits per heavy atom. The molecule has 0 aliphatic heterocycles. The molecule has 3 nitrogen and oxygen atoms in total. The SMILES string of the molecule is CCCN(CC1CC1)C(=O)c1cccc(C#CCN)c1C. The van der Waals surface area contributed by atoms with Crippen LogP contribution in [-0.4, -0.2) is 30.4 Å². The van der Waals surface area contributed by atoms with Gasteiger partial charge in [0.1, 0.15) is 0 Å². The molecule has 1 aromatic carbocycles. The zero-order valence-electron chi connectivity index (χ0n) is 13.0. The molecule has 1 aliphatic carbocycles. The molecule has 1 saturated carbocycles. The average molecular weight is 284 g/mol. The van der Waals surface area contributed by atoms with Crippen LogP contribution in [0.15, 0.2) is 18.2 Å². The first-order valence-corrected chi connectivity index (χ1v) is 7.75. The van der Waals surface area contributed by atoms with Gasteiger partial charge in [-0.3, -0.25) is 4.79 Å². The van der Waals surface area contributed by atoms with E-state index in [1.165, 1.54) is 12.8 Å². The summed E-state index contributed by atoms with van der Waals surface area (Å²) in [6.45, 7) is 6.14. The quantitative estimate of drug-likeness (QED) is 0.845. The lowest BCUT2D eigenvalue weighted by Crippen LogP contribution is -2.34. The van der Waals surface area contributed by atoms with Crippen molar-refractivity contribution in [3.05, 3.63) is 34.9 Å². The lowest BCUT2D eigenvalue weighted by molar-refractivity contribution is 0.0747. The molecule has 0 spiro atoms. The maximum absolute atomic E-state index is 12.8. The first-order chi connectivity index (χ1) is 10.2. The fourth-order valence-corrected chi connectivity index (χ4v) is 2.48. The third kappa shape index (κ3) is 4.09. The second kappa shape index (κ2) is 7.28. The standard InChI is InChI=1S/C18H24N2O/c1-3-12-20(13-15-9-10-15)18(21)17-8-4-6-16(14(17)2)7-5-11-19/h4,6,8,15H,3,9-13,19H2,1-2H3. The molecule has 0 radical (unpaired) electrons. The van der Waals surface area contributed by atoms with Gasteiger partial charge < -0.3 is 10.6 Å². The lowest BCUT2D eigenvalue weighted by Gasteiger charge is -2.23. The summed E-state index contributed by atoms with van der Waals surface area (Å²) >= 11 is 0. The first-order valence-electron chi connectivity index (χ1n) is 7.75. The molecular weight excluding hydrogens is 260 g/mol. The van der Waals surface area contributed by atoms with Gasteiger partial charge in [-0.15, -0.1) is 0 Å². The Labute approximate surface area is 127 Å². The third-order valence-corrected chi connectivity index (χ3v) is 3.85. The molecular formula is C18H24N2O. The molecule has 0 aromatic heterocycles. The summed E-state index contributed by atoms with van der Waals surface area (Å²) in [7, 11) is 0. The van der Waals surface area contributed by atoms with Gasteiger partial charge in [-0.2, -0.15) is 0 Å². The maximum atomic E-state index is 12.8. The minimum Gasteiger partial charge on any atom is -0.338 e. The molecule has 0 saturated heterocycles. The van der Waals surface area contributed by atoms with E-state index < -0.39 is 0 Å². The van der Waals surface area contributed by atoms with Crippen molar-refractivity contribution in [2.24, 2.45) is 11.7 Å². The summed E-state index contributed by atoms with van der Waals surface area (Å²) in [5, 5.41) is 0. The van der Waals surface area contributed by atoms with E-state index in [0.717, 1.165) is 36.2 Å². The van der Waals surface area contributed by atoms with E-state index in [-0.39, 0.29) is 5.91 Å². The number of hydrogen-bond acceptors (Lipinski definition) is 2. The van der Waals surface area contributed by atoms with Crippen molar-refractivity contribution in [3.8, 4) is 11.8 Å². The molecule has 1 amide bonds. The van der Waals surface area contributed by atoms with Crippen molar-refractivity contribution >= 4 is 5.91 Å². The molecule has 0 unspecified atom stereocenters. The molecule has 2 rings (SSSR count). The number of benzene rings is 1. The summed E-state index contributed by atoms with van der Waals surface area (Å²) in [6, 6.07) is 5.75. The molecule has 0 bridgehead atoms. The van der Waals surface area contributed by atoms with Crippen LogP contribution in [-0.2, 0) is 0 Å². The van der Waals surface area contributed by atoms with Crippen LogP contribution in [0.3, 0.4) is 0 Å². The van der Waals surface area contributed by atoms with Crippen LogP contribution in [0.5, 0.6) is 0 Å². The van der Waals surface area contributed by atoms with E-state index in [2.05, 4.69) is 18.8 Å². The molecule has 112 valence electrons. The van der Waals surface area contributed by atoms with Crippen molar-refractivity contribution in [2.45, 2.75) is 33.1 Å². The largest absolute Gasteiger partial charge is 0.338 e. The number of nitrogens with two attached hydrogens (primary N) is 1. The fourth-order valence-electron chi connectivity index (χ4n) is 2.48. The summed E-state index contributed by atoms with van der Waals surface area (Å²) in [5.41, 5.74) is 8.05. The zero-order chi connectivity index (χ0) is 15.2. The van der Waals surface area contributed by atoms with E-state index >= 15 is 0 Å². The molecule has 1 aliphatic rings. The van der Waals surface area contributed by atoms with Crippen molar-refractivity contribution in [2.75, 3.05) is 19.6 Å². The van der Waals surface area contributed by atoms with Crippen molar-refractivity contribution < 1.29 is 4.79 Å². The fraction of sp³-hybridized carbons (Fsp3) is 0.500. The van der Waals surface area contributed by atoms with E-state index in [0.29, 0.717) is 12.5 Å². The monoisotopic (exact) mass is 284 g/mol. The number of carbonyl (C=O) groups is 1. The molecule has 0 heterocycles. The van der Waals surface area contributed by atoms with Crippen molar-refractivity contribution in [3.63, 3.8) is 0 Å². The van der Waals surface area contributed by atoms with Crippen LogP contribution >= 0.6 is 0 Å². The molecule has 1 aromatic rings. The van der Waals surface area contributed by atoms with Gasteiger partial charge in [0.15, 0.2) is 0 Å². The highest BCUT2D eigenvalue weighted by molar-refractivity contribution is 5.96. The van der Waals surface area contributed by atoms with E-state index in [1.54, 1.807) is 0 Å². The van der Waals surface area contributed by atoms with Crippen LogP contribution in [0.2, 0.25) is 0 Å². The Balaban J connectivity index is 2.23. The highest BCUT2D eigenvalue weighted by atomic mass is 16.2. The lowest BCUT2D eigenvalue weighted by atomic mass is 10.0. The number of nitrogens with zero attached hydrogens (tertiary/aromatic N) is 1. The van der Waals surface area contributed by atoms with Gasteiger partial charge in [-0.1, -0.05) is 24.8 Å². The maximum Gasteiger partial charge on any atom is 0.254 e. The van der Waals surface area contributed by atoms with Crippen molar-refractivity contribution in [1.82, 2.24) is 4.90 Å². The number of amides is 1. The van der Waals surface area contributed by atoms with E-state index in [9.17, 15) is 4.79 Å². The average Bonchev–Trinajstić information content (AvgIpc) is 3.29. The highest BCUT2D eigenvalue weighted by Gasteiger charge is 2.27. The van der Waals surface area contributed by atoms with Gasteiger partial charge in [0.05, 0.1) is 6.54 Å². The van der Waals surface area contributed by atoms with Gasteiger partial charge in [0, 0.05) is 24.2 Å². The Morgan fingerprint density at radius 1 is 1.43 bits per heavy atom. The summed E-state index contributed by atoms with van der Waals surface area (Å²) in [4.78, 5) is 14.8. The second-order valence-corrected chi connectivity index (χ2v) is 5.68. The smallest absolute Gasteiger partial charge is 0.254 e. The summed E-state index contributed by atoms with van der Waals surface area (Å²) in [5.74, 6) is 6.75. The van der Waals surface area contributed by atoms with Gasteiger partial charge in [-0.05, 0) is 49.8 Å². The van der Waals surface area contributed by atoms with Crippen LogP contribution in [0.4, 0.5) is 0 Å². The Hall–Kier alpha value is -1.79. The predicted molar refractivity (Wildman–Crippen MR) is 86.0 cm³/mol.